The minimum atomic E-state index is 0.141. The zero-order valence-electron chi connectivity index (χ0n) is 9.98. The van der Waals surface area contributed by atoms with Gasteiger partial charge in [0.25, 0.3) is 6.01 Å². The monoisotopic (exact) mass is 234 g/mol. The molecule has 0 amide bonds. The maximum Gasteiger partial charge on any atom is 0.292 e. The summed E-state index contributed by atoms with van der Waals surface area (Å²) >= 11 is 0. The van der Waals surface area contributed by atoms with E-state index < -0.39 is 0 Å². The molecule has 5 heteroatoms. The van der Waals surface area contributed by atoms with E-state index in [0.29, 0.717) is 17.2 Å². The Morgan fingerprint density at radius 3 is 2.53 bits per heavy atom. The molecular weight excluding hydrogens is 220 g/mol. The molecule has 0 aliphatic rings. The molecule has 2 N–H and O–H groups in total. The Labute approximate surface area is 99.2 Å². The SMILES string of the molecule is COc1ccc(OC)c(-c2nc(N)oc2C)c1. The molecule has 0 aliphatic heterocycles. The Kier molecular flexibility index (Phi) is 2.91. The highest BCUT2D eigenvalue weighted by atomic mass is 16.5. The molecule has 2 aromatic rings. The summed E-state index contributed by atoms with van der Waals surface area (Å²) < 4.78 is 15.7. The summed E-state index contributed by atoms with van der Waals surface area (Å²) in [6.07, 6.45) is 0. The summed E-state index contributed by atoms with van der Waals surface area (Å²) in [5.74, 6) is 2.07. The molecule has 90 valence electrons. The van der Waals surface area contributed by atoms with Crippen molar-refractivity contribution in [3.8, 4) is 22.8 Å². The fourth-order valence-electron chi connectivity index (χ4n) is 1.67. The Morgan fingerprint density at radius 2 is 2.00 bits per heavy atom. The Hall–Kier alpha value is -2.17. The van der Waals surface area contributed by atoms with Crippen molar-refractivity contribution >= 4 is 6.01 Å². The van der Waals surface area contributed by atoms with E-state index in [2.05, 4.69) is 4.98 Å². The van der Waals surface area contributed by atoms with Crippen molar-refractivity contribution in [1.82, 2.24) is 4.98 Å². The number of oxazole rings is 1. The highest BCUT2D eigenvalue weighted by molar-refractivity contribution is 5.71. The van der Waals surface area contributed by atoms with Crippen LogP contribution in [0.15, 0.2) is 22.6 Å². The first-order chi connectivity index (χ1) is 8.15. The van der Waals surface area contributed by atoms with Crippen molar-refractivity contribution in [3.05, 3.63) is 24.0 Å². The number of nitrogens with two attached hydrogens (primary N) is 1. The topological polar surface area (TPSA) is 70.5 Å². The first-order valence-corrected chi connectivity index (χ1v) is 5.11. The van der Waals surface area contributed by atoms with Crippen LogP contribution in [0.4, 0.5) is 6.01 Å². The van der Waals surface area contributed by atoms with Crippen LogP contribution in [0.2, 0.25) is 0 Å². The van der Waals surface area contributed by atoms with Gasteiger partial charge in [0.2, 0.25) is 0 Å². The van der Waals surface area contributed by atoms with Gasteiger partial charge in [-0.25, -0.2) is 0 Å². The number of anilines is 1. The number of methoxy groups -OCH3 is 2. The zero-order valence-corrected chi connectivity index (χ0v) is 9.98. The molecule has 0 fully saturated rings. The van der Waals surface area contributed by atoms with Crippen molar-refractivity contribution < 1.29 is 13.9 Å². The molecule has 1 aromatic heterocycles. The summed E-state index contributed by atoms with van der Waals surface area (Å²) in [7, 11) is 3.21. The fourth-order valence-corrected chi connectivity index (χ4v) is 1.67. The van der Waals surface area contributed by atoms with Gasteiger partial charge in [-0.1, -0.05) is 0 Å². The molecule has 0 saturated heterocycles. The van der Waals surface area contributed by atoms with Gasteiger partial charge in [0.15, 0.2) is 0 Å². The Morgan fingerprint density at radius 1 is 1.24 bits per heavy atom. The molecule has 17 heavy (non-hydrogen) atoms. The highest BCUT2D eigenvalue weighted by Crippen LogP contribution is 2.35. The van der Waals surface area contributed by atoms with Gasteiger partial charge in [0, 0.05) is 5.56 Å². The third-order valence-electron chi connectivity index (χ3n) is 2.47. The standard InChI is InChI=1S/C12H14N2O3/c1-7-11(14-12(13)17-7)9-6-8(15-2)4-5-10(9)16-3/h4-6H,1-3H3,(H2,13,14). The van der Waals surface area contributed by atoms with E-state index >= 15 is 0 Å². The number of rotatable bonds is 3. The van der Waals surface area contributed by atoms with Crippen molar-refractivity contribution in [2.45, 2.75) is 6.92 Å². The quantitative estimate of drug-likeness (QED) is 0.881. The molecule has 0 atom stereocenters. The van der Waals surface area contributed by atoms with Crippen molar-refractivity contribution in [1.29, 1.82) is 0 Å². The molecule has 2 rings (SSSR count). The second kappa shape index (κ2) is 4.37. The van der Waals surface area contributed by atoms with Gasteiger partial charge in [-0.2, -0.15) is 4.98 Å². The van der Waals surface area contributed by atoms with Crippen LogP contribution in [0.3, 0.4) is 0 Å². The second-order valence-electron chi connectivity index (χ2n) is 3.52. The largest absolute Gasteiger partial charge is 0.497 e. The minimum Gasteiger partial charge on any atom is -0.497 e. The summed E-state index contributed by atoms with van der Waals surface area (Å²) in [6.45, 7) is 1.80. The van der Waals surface area contributed by atoms with E-state index in [1.807, 2.05) is 18.2 Å². The number of hydrogen-bond donors (Lipinski definition) is 1. The van der Waals surface area contributed by atoms with E-state index in [-0.39, 0.29) is 6.01 Å². The van der Waals surface area contributed by atoms with Gasteiger partial charge in [-0.3, -0.25) is 0 Å². The number of benzene rings is 1. The van der Waals surface area contributed by atoms with Crippen molar-refractivity contribution in [3.63, 3.8) is 0 Å². The predicted molar refractivity (Wildman–Crippen MR) is 64.2 cm³/mol. The Bertz CT molecular complexity index is 535. The van der Waals surface area contributed by atoms with Gasteiger partial charge < -0.3 is 19.6 Å². The van der Waals surface area contributed by atoms with Crippen LogP contribution in [0.1, 0.15) is 5.76 Å². The van der Waals surface area contributed by atoms with Crippen LogP contribution in [-0.2, 0) is 0 Å². The number of nitrogen functional groups attached to an aromatic ring is 1. The molecule has 1 heterocycles. The number of ether oxygens (including phenoxy) is 2. The van der Waals surface area contributed by atoms with Crippen LogP contribution in [0, 0.1) is 6.92 Å². The maximum absolute atomic E-state index is 5.53. The van der Waals surface area contributed by atoms with E-state index in [9.17, 15) is 0 Å². The van der Waals surface area contributed by atoms with Crippen LogP contribution < -0.4 is 15.2 Å². The van der Waals surface area contributed by atoms with Gasteiger partial charge in [0.05, 0.1) is 14.2 Å². The van der Waals surface area contributed by atoms with Crippen molar-refractivity contribution in [2.75, 3.05) is 20.0 Å². The molecule has 0 radical (unpaired) electrons. The molecule has 0 saturated carbocycles. The zero-order chi connectivity index (χ0) is 12.4. The predicted octanol–water partition coefficient (Wildman–Crippen LogP) is 2.25. The van der Waals surface area contributed by atoms with E-state index in [4.69, 9.17) is 19.6 Å². The van der Waals surface area contributed by atoms with Crippen LogP contribution in [0.5, 0.6) is 11.5 Å². The lowest BCUT2D eigenvalue weighted by molar-refractivity contribution is 0.404. The second-order valence-corrected chi connectivity index (χ2v) is 3.52. The average Bonchev–Trinajstić information content (AvgIpc) is 2.67. The smallest absolute Gasteiger partial charge is 0.292 e. The third kappa shape index (κ3) is 2.04. The van der Waals surface area contributed by atoms with E-state index in [1.165, 1.54) is 0 Å². The molecule has 0 bridgehead atoms. The lowest BCUT2D eigenvalue weighted by Crippen LogP contribution is -1.92. The lowest BCUT2D eigenvalue weighted by Gasteiger charge is -2.08. The van der Waals surface area contributed by atoms with E-state index in [1.54, 1.807) is 21.1 Å². The molecule has 1 aromatic carbocycles. The number of aromatic nitrogens is 1. The first-order valence-electron chi connectivity index (χ1n) is 5.11. The molecule has 0 spiro atoms. The number of hydrogen-bond acceptors (Lipinski definition) is 5. The first kappa shape index (κ1) is 11.3. The average molecular weight is 234 g/mol. The van der Waals surface area contributed by atoms with Crippen LogP contribution in [0.25, 0.3) is 11.3 Å². The normalized spacial score (nSPS) is 10.3. The van der Waals surface area contributed by atoms with Gasteiger partial charge in [0.1, 0.15) is 23.0 Å². The molecule has 0 aliphatic carbocycles. The maximum atomic E-state index is 5.53. The molecule has 0 unspecified atom stereocenters. The van der Waals surface area contributed by atoms with Gasteiger partial charge in [-0.05, 0) is 25.1 Å². The van der Waals surface area contributed by atoms with Crippen molar-refractivity contribution in [2.24, 2.45) is 0 Å². The van der Waals surface area contributed by atoms with Crippen LogP contribution in [-0.4, -0.2) is 19.2 Å². The summed E-state index contributed by atoms with van der Waals surface area (Å²) in [5.41, 5.74) is 6.99. The third-order valence-corrected chi connectivity index (χ3v) is 2.47. The summed E-state index contributed by atoms with van der Waals surface area (Å²) in [5, 5.41) is 0. The minimum absolute atomic E-state index is 0.141. The van der Waals surface area contributed by atoms with E-state index in [0.717, 1.165) is 11.3 Å². The lowest BCUT2D eigenvalue weighted by atomic mass is 10.1. The molecule has 5 nitrogen and oxygen atoms in total. The fraction of sp³-hybridized carbons (Fsp3) is 0.250. The van der Waals surface area contributed by atoms with Gasteiger partial charge >= 0.3 is 0 Å². The Balaban J connectivity index is 2.59. The summed E-state index contributed by atoms with van der Waals surface area (Å²) in [4.78, 5) is 4.14. The van der Waals surface area contributed by atoms with Crippen LogP contribution >= 0.6 is 0 Å². The van der Waals surface area contributed by atoms with Gasteiger partial charge in [-0.15, -0.1) is 0 Å². The number of nitrogens with zero attached hydrogens (tertiary/aromatic N) is 1. The highest BCUT2D eigenvalue weighted by Gasteiger charge is 2.15. The molecular formula is C12H14N2O3. The number of aryl methyl sites for hydroxylation is 1. The summed E-state index contributed by atoms with van der Waals surface area (Å²) in [6, 6.07) is 5.62.